The summed E-state index contributed by atoms with van der Waals surface area (Å²) in [7, 11) is 0. The summed E-state index contributed by atoms with van der Waals surface area (Å²) in [5.74, 6) is -0.907. The SMILES string of the molecule is CC1(C)CN(C(=O)c2cc(F)cnc2Cl)CC(C)(C)O1. The normalized spacial score (nSPS) is 20.8. The summed E-state index contributed by atoms with van der Waals surface area (Å²) in [4.78, 5) is 17.8. The largest absolute Gasteiger partial charge is 0.366 e. The Morgan fingerprint density at radius 3 is 2.45 bits per heavy atom. The fourth-order valence-electron chi connectivity index (χ4n) is 2.67. The monoisotopic (exact) mass is 300 g/mol. The standard InChI is InChI=1S/C14H18ClFN2O2/c1-13(2)7-18(8-14(3,4)20-13)12(19)10-5-9(16)6-17-11(10)15/h5-6H,7-8H2,1-4H3. The predicted molar refractivity (Wildman–Crippen MR) is 74.4 cm³/mol. The zero-order valence-electron chi connectivity index (χ0n) is 12.0. The maximum absolute atomic E-state index is 13.3. The Morgan fingerprint density at radius 2 is 1.90 bits per heavy atom. The van der Waals surface area contributed by atoms with Crippen LogP contribution in [0.25, 0.3) is 0 Å². The predicted octanol–water partition coefficient (Wildman–Crippen LogP) is 2.90. The topological polar surface area (TPSA) is 42.4 Å². The Kier molecular flexibility index (Phi) is 3.77. The minimum atomic E-state index is -0.579. The molecule has 0 N–H and O–H groups in total. The summed E-state index contributed by atoms with van der Waals surface area (Å²) in [6.07, 6.45) is 0.992. The van der Waals surface area contributed by atoms with Crippen LogP contribution >= 0.6 is 11.6 Å². The molecule has 0 atom stereocenters. The summed E-state index contributed by atoms with van der Waals surface area (Å²) in [6, 6.07) is 1.12. The molecule has 1 saturated heterocycles. The van der Waals surface area contributed by atoms with Crippen molar-refractivity contribution < 1.29 is 13.9 Å². The Labute approximate surface area is 122 Å². The van der Waals surface area contributed by atoms with Crippen LogP contribution in [0.2, 0.25) is 5.15 Å². The molecule has 1 aliphatic rings. The van der Waals surface area contributed by atoms with Crippen LogP contribution in [0.3, 0.4) is 0 Å². The molecule has 1 amide bonds. The van der Waals surface area contributed by atoms with Crippen molar-refractivity contribution in [3.63, 3.8) is 0 Å². The van der Waals surface area contributed by atoms with Crippen LogP contribution < -0.4 is 0 Å². The molecule has 0 saturated carbocycles. The molecule has 4 nitrogen and oxygen atoms in total. The lowest BCUT2D eigenvalue weighted by Gasteiger charge is -2.47. The van der Waals surface area contributed by atoms with E-state index < -0.39 is 17.0 Å². The first-order valence-corrected chi connectivity index (χ1v) is 6.78. The number of rotatable bonds is 1. The van der Waals surface area contributed by atoms with Crippen molar-refractivity contribution >= 4 is 17.5 Å². The third kappa shape index (κ3) is 3.27. The van der Waals surface area contributed by atoms with E-state index in [9.17, 15) is 9.18 Å². The number of nitrogens with zero attached hydrogens (tertiary/aromatic N) is 2. The maximum atomic E-state index is 13.3. The van der Waals surface area contributed by atoms with Gasteiger partial charge in [0.05, 0.1) is 23.0 Å². The van der Waals surface area contributed by atoms with Crippen molar-refractivity contribution in [2.24, 2.45) is 0 Å². The smallest absolute Gasteiger partial charge is 0.257 e. The van der Waals surface area contributed by atoms with E-state index >= 15 is 0 Å². The van der Waals surface area contributed by atoms with E-state index in [-0.39, 0.29) is 16.6 Å². The molecule has 20 heavy (non-hydrogen) atoms. The molecule has 2 heterocycles. The minimum Gasteiger partial charge on any atom is -0.366 e. The molecular formula is C14H18ClFN2O2. The lowest BCUT2D eigenvalue weighted by atomic mass is 9.98. The molecule has 1 aliphatic heterocycles. The fraction of sp³-hybridized carbons (Fsp3) is 0.571. The molecule has 0 bridgehead atoms. The van der Waals surface area contributed by atoms with E-state index in [0.29, 0.717) is 13.1 Å². The summed E-state index contributed by atoms with van der Waals surface area (Å²) in [5.41, 5.74) is -0.852. The molecule has 110 valence electrons. The van der Waals surface area contributed by atoms with Gasteiger partial charge in [-0.1, -0.05) is 11.6 Å². The molecular weight excluding hydrogens is 283 g/mol. The van der Waals surface area contributed by atoms with Gasteiger partial charge in [0.2, 0.25) is 0 Å². The van der Waals surface area contributed by atoms with Crippen molar-refractivity contribution in [2.75, 3.05) is 13.1 Å². The van der Waals surface area contributed by atoms with Crippen molar-refractivity contribution in [3.05, 3.63) is 28.8 Å². The zero-order chi connectivity index (χ0) is 15.1. The number of pyridine rings is 1. The van der Waals surface area contributed by atoms with Crippen LogP contribution in [0, 0.1) is 5.82 Å². The van der Waals surface area contributed by atoms with Crippen LogP contribution in [0.5, 0.6) is 0 Å². The Balaban J connectivity index is 2.31. The first-order valence-electron chi connectivity index (χ1n) is 6.40. The maximum Gasteiger partial charge on any atom is 0.257 e. The summed E-state index contributed by atoms with van der Waals surface area (Å²) >= 11 is 5.90. The first kappa shape index (κ1) is 15.2. The fourth-order valence-corrected chi connectivity index (χ4v) is 2.86. The number of carbonyl (C=O) groups is 1. The molecule has 0 aliphatic carbocycles. The van der Waals surface area contributed by atoms with E-state index in [4.69, 9.17) is 16.3 Å². The summed E-state index contributed by atoms with van der Waals surface area (Å²) in [5, 5.41) is 0.0125. The number of halogens is 2. The summed E-state index contributed by atoms with van der Waals surface area (Å²) in [6.45, 7) is 8.50. The quantitative estimate of drug-likeness (QED) is 0.749. The van der Waals surface area contributed by atoms with Crippen LogP contribution in [0.15, 0.2) is 12.3 Å². The number of ether oxygens (including phenoxy) is 1. The van der Waals surface area contributed by atoms with Gasteiger partial charge in [0.25, 0.3) is 5.91 Å². The van der Waals surface area contributed by atoms with Crippen molar-refractivity contribution in [1.29, 1.82) is 0 Å². The van der Waals surface area contributed by atoms with Gasteiger partial charge in [-0.15, -0.1) is 0 Å². The van der Waals surface area contributed by atoms with Gasteiger partial charge in [-0.3, -0.25) is 4.79 Å². The second-order valence-corrected chi connectivity index (χ2v) is 6.63. The van der Waals surface area contributed by atoms with Gasteiger partial charge < -0.3 is 9.64 Å². The number of amides is 1. The molecule has 0 aromatic carbocycles. The molecule has 0 unspecified atom stereocenters. The highest BCUT2D eigenvalue weighted by Gasteiger charge is 2.40. The van der Waals surface area contributed by atoms with Crippen molar-refractivity contribution in [2.45, 2.75) is 38.9 Å². The molecule has 1 aromatic rings. The van der Waals surface area contributed by atoms with E-state index in [1.54, 1.807) is 4.90 Å². The van der Waals surface area contributed by atoms with E-state index in [2.05, 4.69) is 4.98 Å². The number of hydrogen-bond donors (Lipinski definition) is 0. The van der Waals surface area contributed by atoms with Crippen LogP contribution in [-0.4, -0.2) is 40.1 Å². The molecule has 0 radical (unpaired) electrons. The number of morpholine rings is 1. The molecule has 2 rings (SSSR count). The van der Waals surface area contributed by atoms with Crippen LogP contribution in [-0.2, 0) is 4.74 Å². The number of aromatic nitrogens is 1. The van der Waals surface area contributed by atoms with Crippen molar-refractivity contribution in [1.82, 2.24) is 9.88 Å². The number of hydrogen-bond acceptors (Lipinski definition) is 3. The van der Waals surface area contributed by atoms with E-state index in [1.165, 1.54) is 0 Å². The van der Waals surface area contributed by atoms with E-state index in [1.807, 2.05) is 27.7 Å². The third-order valence-corrected chi connectivity index (χ3v) is 3.32. The van der Waals surface area contributed by atoms with Gasteiger partial charge in [-0.2, -0.15) is 0 Å². The lowest BCUT2D eigenvalue weighted by Crippen LogP contribution is -2.58. The Morgan fingerprint density at radius 1 is 1.35 bits per heavy atom. The Bertz CT molecular complexity index is 530. The van der Waals surface area contributed by atoms with Gasteiger partial charge in [-0.25, -0.2) is 9.37 Å². The highest BCUT2D eigenvalue weighted by Crippen LogP contribution is 2.29. The van der Waals surface area contributed by atoms with Crippen LogP contribution in [0.4, 0.5) is 4.39 Å². The molecule has 1 fully saturated rings. The van der Waals surface area contributed by atoms with Crippen LogP contribution in [0.1, 0.15) is 38.1 Å². The van der Waals surface area contributed by atoms with Gasteiger partial charge in [-0.05, 0) is 33.8 Å². The average molecular weight is 301 g/mol. The molecule has 6 heteroatoms. The van der Waals surface area contributed by atoms with E-state index in [0.717, 1.165) is 12.3 Å². The molecule has 0 spiro atoms. The van der Waals surface area contributed by atoms with Gasteiger partial charge >= 0.3 is 0 Å². The second-order valence-electron chi connectivity index (χ2n) is 6.27. The highest BCUT2D eigenvalue weighted by molar-refractivity contribution is 6.32. The minimum absolute atomic E-state index is 0.0125. The third-order valence-electron chi connectivity index (χ3n) is 3.02. The summed E-state index contributed by atoms with van der Waals surface area (Å²) < 4.78 is 19.2. The first-order chi connectivity index (χ1) is 9.10. The average Bonchev–Trinajstić information content (AvgIpc) is 2.27. The number of carbonyl (C=O) groups excluding carboxylic acids is 1. The molecule has 1 aromatic heterocycles. The van der Waals surface area contributed by atoms with Gasteiger partial charge in [0.1, 0.15) is 11.0 Å². The van der Waals surface area contributed by atoms with Gasteiger partial charge in [0.15, 0.2) is 0 Å². The zero-order valence-corrected chi connectivity index (χ0v) is 12.8. The van der Waals surface area contributed by atoms with Crippen molar-refractivity contribution in [3.8, 4) is 0 Å². The second kappa shape index (κ2) is 4.97. The Hall–Kier alpha value is -1.20. The lowest BCUT2D eigenvalue weighted by molar-refractivity contribution is -0.171. The highest BCUT2D eigenvalue weighted by atomic mass is 35.5. The van der Waals surface area contributed by atoms with Gasteiger partial charge in [0, 0.05) is 13.1 Å².